The Bertz CT molecular complexity index is 460. The number of hydrogen-bond acceptors (Lipinski definition) is 3. The Kier molecular flexibility index (Phi) is 3.82. The molecule has 1 aromatic rings. The highest BCUT2D eigenvalue weighted by Gasteiger charge is 1.97. The maximum atomic E-state index is 10.5. The third kappa shape index (κ3) is 3.10. The van der Waals surface area contributed by atoms with Gasteiger partial charge in [-0.1, -0.05) is 11.8 Å². The lowest BCUT2D eigenvalue weighted by Gasteiger charge is -1.95. The average molecular weight is 197 g/mol. The first-order chi connectivity index (χ1) is 7.30. The van der Waals surface area contributed by atoms with Gasteiger partial charge in [-0.25, -0.2) is 0 Å². The van der Waals surface area contributed by atoms with Crippen LogP contribution in [0.1, 0.15) is 32.7 Å². The molecule has 0 amide bonds. The lowest BCUT2D eigenvalue weighted by atomic mass is 10.1. The van der Waals surface area contributed by atoms with Gasteiger partial charge in [0.2, 0.25) is 0 Å². The van der Waals surface area contributed by atoms with Crippen molar-refractivity contribution in [2.45, 2.75) is 6.42 Å². The Labute approximate surface area is 87.3 Å². The van der Waals surface area contributed by atoms with Gasteiger partial charge >= 0.3 is 0 Å². The monoisotopic (exact) mass is 197 g/mol. The van der Waals surface area contributed by atoms with Crippen LogP contribution in [0.15, 0.2) is 18.2 Å². The fraction of sp³-hybridized carbons (Fsp3) is 0.0833. The molecule has 15 heavy (non-hydrogen) atoms. The zero-order chi connectivity index (χ0) is 11.1. The normalized spacial score (nSPS) is 8.20. The number of hydrogen-bond donors (Lipinski definition) is 0. The van der Waals surface area contributed by atoms with Gasteiger partial charge in [0.05, 0.1) is 12.5 Å². The summed E-state index contributed by atoms with van der Waals surface area (Å²) in [5.74, 6) is 5.32. The Morgan fingerprint density at radius 3 is 2.20 bits per heavy atom. The zero-order valence-electron chi connectivity index (χ0n) is 7.86. The predicted octanol–water partition coefficient (Wildman–Crippen LogP) is 1.58. The van der Waals surface area contributed by atoms with Gasteiger partial charge in [-0.2, -0.15) is 5.26 Å². The van der Waals surface area contributed by atoms with Crippen molar-refractivity contribution < 1.29 is 9.59 Å². The second kappa shape index (κ2) is 5.36. The average Bonchev–Trinajstić information content (AvgIpc) is 2.29. The van der Waals surface area contributed by atoms with Crippen LogP contribution in [0.3, 0.4) is 0 Å². The van der Waals surface area contributed by atoms with Gasteiger partial charge in [0.1, 0.15) is 12.6 Å². The SMILES string of the molecule is N#CCC#Cc1cc(C=O)cc(C=O)c1. The second-order valence-electron chi connectivity index (χ2n) is 2.76. The first kappa shape index (κ1) is 10.7. The summed E-state index contributed by atoms with van der Waals surface area (Å²) in [5, 5.41) is 8.28. The van der Waals surface area contributed by atoms with E-state index in [0.717, 1.165) is 0 Å². The van der Waals surface area contributed by atoms with Gasteiger partial charge < -0.3 is 0 Å². The van der Waals surface area contributed by atoms with Gasteiger partial charge in [-0.05, 0) is 18.2 Å². The molecule has 0 heterocycles. The van der Waals surface area contributed by atoms with E-state index in [0.29, 0.717) is 29.3 Å². The van der Waals surface area contributed by atoms with Crippen molar-refractivity contribution in [2.24, 2.45) is 0 Å². The quantitative estimate of drug-likeness (QED) is 0.534. The van der Waals surface area contributed by atoms with Crippen LogP contribution in [0.2, 0.25) is 0 Å². The standard InChI is InChI=1S/C12H7NO2/c13-4-2-1-3-10-5-11(8-14)7-12(6-10)9-15/h5-9H,2H2. The number of carbonyl (C=O) groups excluding carboxylic acids is 2. The van der Waals surface area contributed by atoms with Crippen LogP contribution >= 0.6 is 0 Å². The van der Waals surface area contributed by atoms with Crippen LogP contribution < -0.4 is 0 Å². The van der Waals surface area contributed by atoms with Crippen molar-refractivity contribution >= 4 is 12.6 Å². The first-order valence-electron chi connectivity index (χ1n) is 4.21. The summed E-state index contributed by atoms with van der Waals surface area (Å²) in [7, 11) is 0. The summed E-state index contributed by atoms with van der Waals surface area (Å²) in [6, 6.07) is 6.51. The summed E-state index contributed by atoms with van der Waals surface area (Å²) < 4.78 is 0. The Morgan fingerprint density at radius 1 is 1.13 bits per heavy atom. The van der Waals surface area contributed by atoms with E-state index in [1.807, 2.05) is 6.07 Å². The van der Waals surface area contributed by atoms with Gasteiger partial charge in [0, 0.05) is 16.7 Å². The lowest BCUT2D eigenvalue weighted by molar-refractivity contribution is 0.112. The van der Waals surface area contributed by atoms with Gasteiger partial charge in [-0.3, -0.25) is 9.59 Å². The van der Waals surface area contributed by atoms with Crippen molar-refractivity contribution in [3.63, 3.8) is 0 Å². The van der Waals surface area contributed by atoms with Crippen LogP contribution in [0.5, 0.6) is 0 Å². The molecular formula is C12H7NO2. The van der Waals surface area contributed by atoms with Crippen LogP contribution in [0, 0.1) is 23.2 Å². The summed E-state index contributed by atoms with van der Waals surface area (Å²) in [4.78, 5) is 21.1. The van der Waals surface area contributed by atoms with E-state index in [1.54, 1.807) is 12.1 Å². The fourth-order valence-corrected chi connectivity index (χ4v) is 1.07. The first-order valence-corrected chi connectivity index (χ1v) is 4.21. The maximum Gasteiger partial charge on any atom is 0.150 e. The number of rotatable bonds is 2. The summed E-state index contributed by atoms with van der Waals surface area (Å²) in [6.07, 6.45) is 1.44. The van der Waals surface area contributed by atoms with Crippen molar-refractivity contribution in [1.29, 1.82) is 5.26 Å². The molecule has 1 rings (SSSR count). The Balaban J connectivity index is 3.09. The molecule has 0 aliphatic rings. The van der Waals surface area contributed by atoms with E-state index in [2.05, 4.69) is 11.8 Å². The molecule has 0 aromatic heterocycles. The molecule has 0 aliphatic heterocycles. The van der Waals surface area contributed by atoms with E-state index in [1.165, 1.54) is 6.07 Å². The highest BCUT2D eigenvalue weighted by molar-refractivity contribution is 5.83. The molecule has 0 radical (unpaired) electrons. The highest BCUT2D eigenvalue weighted by Crippen LogP contribution is 2.06. The number of carbonyl (C=O) groups is 2. The van der Waals surface area contributed by atoms with Crippen LogP contribution in [-0.2, 0) is 0 Å². The van der Waals surface area contributed by atoms with Crippen LogP contribution in [0.25, 0.3) is 0 Å². The Hall–Kier alpha value is -2.39. The van der Waals surface area contributed by atoms with Crippen molar-refractivity contribution in [1.82, 2.24) is 0 Å². The minimum absolute atomic E-state index is 0.127. The molecular weight excluding hydrogens is 190 g/mol. The molecule has 0 aliphatic carbocycles. The minimum Gasteiger partial charge on any atom is -0.298 e. The Morgan fingerprint density at radius 2 is 1.73 bits per heavy atom. The molecule has 3 nitrogen and oxygen atoms in total. The largest absolute Gasteiger partial charge is 0.298 e. The predicted molar refractivity (Wildman–Crippen MR) is 54.3 cm³/mol. The van der Waals surface area contributed by atoms with Crippen molar-refractivity contribution in [3.8, 4) is 17.9 Å². The molecule has 1 aromatic carbocycles. The third-order valence-corrected chi connectivity index (χ3v) is 1.65. The molecule has 0 saturated carbocycles. The van der Waals surface area contributed by atoms with E-state index in [4.69, 9.17) is 5.26 Å². The van der Waals surface area contributed by atoms with Gasteiger partial charge in [0.15, 0.2) is 0 Å². The van der Waals surface area contributed by atoms with E-state index in [9.17, 15) is 9.59 Å². The van der Waals surface area contributed by atoms with Crippen molar-refractivity contribution in [2.75, 3.05) is 0 Å². The highest BCUT2D eigenvalue weighted by atomic mass is 16.1. The molecule has 72 valence electrons. The molecule has 0 N–H and O–H groups in total. The number of benzene rings is 1. The van der Waals surface area contributed by atoms with Crippen LogP contribution in [0.4, 0.5) is 0 Å². The van der Waals surface area contributed by atoms with Crippen molar-refractivity contribution in [3.05, 3.63) is 34.9 Å². The fourth-order valence-electron chi connectivity index (χ4n) is 1.07. The van der Waals surface area contributed by atoms with E-state index >= 15 is 0 Å². The topological polar surface area (TPSA) is 57.9 Å². The smallest absolute Gasteiger partial charge is 0.150 e. The second-order valence-corrected chi connectivity index (χ2v) is 2.76. The molecule has 0 saturated heterocycles. The number of nitriles is 1. The number of nitrogens with zero attached hydrogens (tertiary/aromatic N) is 1. The molecule has 0 fully saturated rings. The van der Waals surface area contributed by atoms with E-state index in [-0.39, 0.29) is 6.42 Å². The third-order valence-electron chi connectivity index (χ3n) is 1.65. The maximum absolute atomic E-state index is 10.5. The molecule has 0 spiro atoms. The minimum atomic E-state index is 0.127. The molecule has 0 unspecified atom stereocenters. The molecule has 0 atom stereocenters. The summed E-state index contributed by atoms with van der Waals surface area (Å²) >= 11 is 0. The zero-order valence-corrected chi connectivity index (χ0v) is 7.86. The number of aldehydes is 2. The van der Waals surface area contributed by atoms with Crippen LogP contribution in [-0.4, -0.2) is 12.6 Å². The van der Waals surface area contributed by atoms with E-state index < -0.39 is 0 Å². The molecule has 3 heteroatoms. The molecule has 0 bridgehead atoms. The van der Waals surface area contributed by atoms with Gasteiger partial charge in [0.25, 0.3) is 0 Å². The summed E-state index contributed by atoms with van der Waals surface area (Å²) in [5.41, 5.74) is 1.37. The van der Waals surface area contributed by atoms with Gasteiger partial charge in [-0.15, -0.1) is 0 Å². The summed E-state index contributed by atoms with van der Waals surface area (Å²) in [6.45, 7) is 0. The lowest BCUT2D eigenvalue weighted by Crippen LogP contribution is -1.88.